The summed E-state index contributed by atoms with van der Waals surface area (Å²) in [5.74, 6) is -0.0284. The molecule has 1 aromatic carbocycles. The Hall–Kier alpha value is -2.30. The molecule has 0 saturated heterocycles. The molecule has 0 radical (unpaired) electrons. The second-order valence-electron chi connectivity index (χ2n) is 4.44. The van der Waals surface area contributed by atoms with Gasteiger partial charge in [0.1, 0.15) is 5.69 Å². The molecule has 2 aromatic rings. The summed E-state index contributed by atoms with van der Waals surface area (Å²) >= 11 is 0. The summed E-state index contributed by atoms with van der Waals surface area (Å²) in [4.78, 5) is 18.2. The number of aromatic nitrogens is 2. The first kappa shape index (κ1) is 10.8. The van der Waals surface area contributed by atoms with Gasteiger partial charge in [0, 0.05) is 30.5 Å². The van der Waals surface area contributed by atoms with Crippen molar-refractivity contribution in [2.24, 2.45) is 7.05 Å². The van der Waals surface area contributed by atoms with Gasteiger partial charge in [-0.25, -0.2) is 4.98 Å². The first-order valence-electron chi connectivity index (χ1n) is 5.84. The van der Waals surface area contributed by atoms with E-state index in [0.717, 1.165) is 23.4 Å². The summed E-state index contributed by atoms with van der Waals surface area (Å²) in [6, 6.07) is 5.69. The molecule has 0 aliphatic carbocycles. The average molecular weight is 242 g/mol. The predicted molar refractivity (Wildman–Crippen MR) is 69.4 cm³/mol. The van der Waals surface area contributed by atoms with Crippen LogP contribution in [0.2, 0.25) is 0 Å². The molecule has 0 bridgehead atoms. The van der Waals surface area contributed by atoms with E-state index in [1.807, 2.05) is 25.2 Å². The van der Waals surface area contributed by atoms with Crippen LogP contribution < -0.4 is 10.6 Å². The van der Waals surface area contributed by atoms with Crippen molar-refractivity contribution in [3.8, 4) is 0 Å². The molecule has 1 aliphatic heterocycles. The van der Waals surface area contributed by atoms with Crippen molar-refractivity contribution in [1.29, 1.82) is 0 Å². The molecule has 18 heavy (non-hydrogen) atoms. The number of nitrogens with zero attached hydrogens (tertiary/aromatic N) is 3. The van der Waals surface area contributed by atoms with Crippen LogP contribution in [0, 0.1) is 0 Å². The Labute approximate surface area is 105 Å². The van der Waals surface area contributed by atoms with Crippen molar-refractivity contribution in [2.75, 3.05) is 17.2 Å². The molecule has 1 aromatic heterocycles. The predicted octanol–water partition coefficient (Wildman–Crippen LogP) is 1.21. The Morgan fingerprint density at radius 1 is 1.44 bits per heavy atom. The van der Waals surface area contributed by atoms with Gasteiger partial charge in [0.2, 0.25) is 0 Å². The minimum Gasteiger partial charge on any atom is -0.398 e. The second kappa shape index (κ2) is 3.87. The maximum Gasteiger partial charge on any atom is 0.276 e. The van der Waals surface area contributed by atoms with E-state index < -0.39 is 0 Å². The van der Waals surface area contributed by atoms with E-state index in [-0.39, 0.29) is 5.91 Å². The molecule has 2 N–H and O–H groups in total. The number of benzene rings is 1. The number of anilines is 2. The van der Waals surface area contributed by atoms with E-state index in [2.05, 4.69) is 4.98 Å². The minimum absolute atomic E-state index is 0.0284. The van der Waals surface area contributed by atoms with Crippen LogP contribution in [0.15, 0.2) is 30.7 Å². The number of amides is 1. The fourth-order valence-corrected chi connectivity index (χ4v) is 2.37. The smallest absolute Gasteiger partial charge is 0.276 e. The first-order valence-corrected chi connectivity index (χ1v) is 5.84. The Balaban J connectivity index is 2.00. The van der Waals surface area contributed by atoms with E-state index in [4.69, 9.17) is 5.73 Å². The molecular formula is C13H14N4O. The lowest BCUT2D eigenvalue weighted by Crippen LogP contribution is -2.30. The topological polar surface area (TPSA) is 64.2 Å². The van der Waals surface area contributed by atoms with Crippen molar-refractivity contribution in [3.05, 3.63) is 42.0 Å². The Morgan fingerprint density at radius 2 is 2.28 bits per heavy atom. The normalized spacial score (nSPS) is 13.7. The van der Waals surface area contributed by atoms with E-state index >= 15 is 0 Å². The fraction of sp³-hybridized carbons (Fsp3) is 0.231. The van der Waals surface area contributed by atoms with Gasteiger partial charge in [-0.05, 0) is 18.6 Å². The highest BCUT2D eigenvalue weighted by molar-refractivity contribution is 6.06. The molecule has 0 fully saturated rings. The van der Waals surface area contributed by atoms with Gasteiger partial charge in [0.05, 0.1) is 12.5 Å². The fourth-order valence-electron chi connectivity index (χ4n) is 2.37. The van der Waals surface area contributed by atoms with Gasteiger partial charge in [-0.2, -0.15) is 0 Å². The van der Waals surface area contributed by atoms with Crippen LogP contribution in [0.1, 0.15) is 16.1 Å². The number of carbonyl (C=O) groups excluding carboxylic acids is 1. The lowest BCUT2D eigenvalue weighted by Gasteiger charge is -2.17. The number of nitrogens with two attached hydrogens (primary N) is 1. The molecule has 1 aliphatic rings. The molecule has 0 unspecified atom stereocenters. The van der Waals surface area contributed by atoms with Crippen molar-refractivity contribution >= 4 is 17.3 Å². The molecular weight excluding hydrogens is 228 g/mol. The van der Waals surface area contributed by atoms with Crippen molar-refractivity contribution < 1.29 is 4.79 Å². The zero-order valence-corrected chi connectivity index (χ0v) is 10.1. The summed E-state index contributed by atoms with van der Waals surface area (Å²) in [6.07, 6.45) is 4.03. The van der Waals surface area contributed by atoms with Gasteiger partial charge in [-0.3, -0.25) is 4.79 Å². The Bertz CT molecular complexity index is 617. The first-order chi connectivity index (χ1) is 8.68. The second-order valence-corrected chi connectivity index (χ2v) is 4.44. The van der Waals surface area contributed by atoms with Gasteiger partial charge < -0.3 is 15.2 Å². The molecule has 0 spiro atoms. The number of carbonyl (C=O) groups is 1. The molecule has 0 saturated carbocycles. The van der Waals surface area contributed by atoms with Gasteiger partial charge >= 0.3 is 0 Å². The summed E-state index contributed by atoms with van der Waals surface area (Å²) in [5.41, 5.74) is 9.25. The average Bonchev–Trinajstić information content (AvgIpc) is 2.95. The van der Waals surface area contributed by atoms with Crippen molar-refractivity contribution in [1.82, 2.24) is 9.55 Å². The van der Waals surface area contributed by atoms with Crippen LogP contribution in [-0.4, -0.2) is 22.0 Å². The van der Waals surface area contributed by atoms with Crippen molar-refractivity contribution in [3.63, 3.8) is 0 Å². The van der Waals surface area contributed by atoms with E-state index in [9.17, 15) is 4.79 Å². The highest BCUT2D eigenvalue weighted by atomic mass is 16.2. The van der Waals surface area contributed by atoms with Crippen LogP contribution in [0.3, 0.4) is 0 Å². The number of fused-ring (bicyclic) bond motifs is 1. The number of nitrogen functional groups attached to an aromatic ring is 1. The lowest BCUT2D eigenvalue weighted by atomic mass is 10.1. The highest BCUT2D eigenvalue weighted by Gasteiger charge is 2.27. The third-order valence-corrected chi connectivity index (χ3v) is 3.34. The molecule has 3 rings (SSSR count). The van der Waals surface area contributed by atoms with E-state index in [0.29, 0.717) is 12.2 Å². The van der Waals surface area contributed by atoms with Gasteiger partial charge in [-0.1, -0.05) is 6.07 Å². The van der Waals surface area contributed by atoms with E-state index in [1.54, 1.807) is 22.0 Å². The monoisotopic (exact) mass is 242 g/mol. The lowest BCUT2D eigenvalue weighted by molar-refractivity contribution is 0.0981. The Kier molecular flexibility index (Phi) is 2.33. The van der Waals surface area contributed by atoms with Crippen LogP contribution in [0.5, 0.6) is 0 Å². The number of hydrogen-bond donors (Lipinski definition) is 1. The SMILES string of the molecule is Cn1cncc1C(=O)N1CCc2c(N)cccc21. The standard InChI is InChI=1S/C13H14N4O/c1-16-8-15-7-12(16)13(18)17-6-5-9-10(14)3-2-4-11(9)17/h2-4,7-8H,5-6,14H2,1H3. The molecule has 1 amide bonds. The number of imidazole rings is 1. The highest BCUT2D eigenvalue weighted by Crippen LogP contribution is 2.32. The molecule has 5 nitrogen and oxygen atoms in total. The summed E-state index contributed by atoms with van der Waals surface area (Å²) in [6.45, 7) is 0.674. The van der Waals surface area contributed by atoms with Crippen LogP contribution >= 0.6 is 0 Å². The van der Waals surface area contributed by atoms with Crippen LogP contribution in [0.25, 0.3) is 0 Å². The third-order valence-electron chi connectivity index (χ3n) is 3.34. The van der Waals surface area contributed by atoms with Gasteiger partial charge in [0.15, 0.2) is 0 Å². The summed E-state index contributed by atoms with van der Waals surface area (Å²) in [5, 5.41) is 0. The van der Waals surface area contributed by atoms with E-state index in [1.165, 1.54) is 0 Å². The Morgan fingerprint density at radius 3 is 3.00 bits per heavy atom. The maximum absolute atomic E-state index is 12.4. The third kappa shape index (κ3) is 1.48. The van der Waals surface area contributed by atoms with Crippen LogP contribution in [0.4, 0.5) is 11.4 Å². The molecule has 5 heteroatoms. The summed E-state index contributed by atoms with van der Waals surface area (Å²) < 4.78 is 1.73. The molecule has 0 atom stereocenters. The number of aryl methyl sites for hydroxylation is 1. The largest absolute Gasteiger partial charge is 0.398 e. The zero-order valence-electron chi connectivity index (χ0n) is 10.1. The van der Waals surface area contributed by atoms with Gasteiger partial charge in [0.25, 0.3) is 5.91 Å². The van der Waals surface area contributed by atoms with Gasteiger partial charge in [-0.15, -0.1) is 0 Å². The summed E-state index contributed by atoms with van der Waals surface area (Å²) in [7, 11) is 1.82. The van der Waals surface area contributed by atoms with Crippen LogP contribution in [-0.2, 0) is 13.5 Å². The molecule has 2 heterocycles. The maximum atomic E-state index is 12.4. The molecule has 92 valence electrons. The van der Waals surface area contributed by atoms with Crippen molar-refractivity contribution in [2.45, 2.75) is 6.42 Å². The quantitative estimate of drug-likeness (QED) is 0.764. The minimum atomic E-state index is -0.0284. The number of hydrogen-bond acceptors (Lipinski definition) is 3. The number of rotatable bonds is 1. The zero-order chi connectivity index (χ0) is 12.7.